The van der Waals surface area contributed by atoms with Gasteiger partial charge >= 0.3 is 0 Å². The van der Waals surface area contributed by atoms with Crippen molar-refractivity contribution in [3.63, 3.8) is 0 Å². The Morgan fingerprint density at radius 3 is 2.27 bits per heavy atom. The van der Waals surface area contributed by atoms with Crippen molar-refractivity contribution in [2.45, 2.75) is 0 Å². The number of hydrogen-bond acceptors (Lipinski definition) is 4. The predicted octanol–water partition coefficient (Wildman–Crippen LogP) is 4.87. The molecule has 0 radical (unpaired) electrons. The van der Waals surface area contributed by atoms with Gasteiger partial charge in [0.2, 0.25) is 0 Å². The van der Waals surface area contributed by atoms with Gasteiger partial charge in [0.15, 0.2) is 0 Å². The summed E-state index contributed by atoms with van der Waals surface area (Å²) in [4.78, 5) is 12.0. The molecule has 4 rings (SSSR count). The highest BCUT2D eigenvalue weighted by Crippen LogP contribution is 2.36. The van der Waals surface area contributed by atoms with Crippen LogP contribution in [-0.2, 0) is 0 Å². The quantitative estimate of drug-likeness (QED) is 0.485. The Morgan fingerprint density at radius 1 is 0.846 bits per heavy atom. The van der Waals surface area contributed by atoms with Crippen LogP contribution < -0.4 is 0 Å². The molecule has 0 atom stereocenters. The summed E-state index contributed by atoms with van der Waals surface area (Å²) in [6.45, 7) is 0. The van der Waals surface area contributed by atoms with Gasteiger partial charge in [0.05, 0.1) is 17.0 Å². The van der Waals surface area contributed by atoms with Crippen LogP contribution in [0.5, 0.6) is 11.5 Å². The van der Waals surface area contributed by atoms with Gasteiger partial charge in [-0.2, -0.15) is 0 Å². The summed E-state index contributed by atoms with van der Waals surface area (Å²) in [5, 5.41) is 20.3. The van der Waals surface area contributed by atoms with E-state index in [1.54, 1.807) is 30.6 Å². The molecule has 4 aromatic rings. The van der Waals surface area contributed by atoms with Crippen LogP contribution in [0.15, 0.2) is 67.0 Å². The second-order valence-electron chi connectivity index (χ2n) is 5.75. The fourth-order valence-electron chi connectivity index (χ4n) is 2.77. The van der Waals surface area contributed by atoms with E-state index in [2.05, 4.69) is 15.0 Å². The van der Waals surface area contributed by atoms with Crippen LogP contribution in [-0.4, -0.2) is 25.2 Å². The fraction of sp³-hybridized carbons (Fsp3) is 0. The van der Waals surface area contributed by atoms with Crippen LogP contribution in [0.1, 0.15) is 0 Å². The Bertz CT molecular complexity index is 1060. The number of pyridine rings is 1. The lowest BCUT2D eigenvalue weighted by Gasteiger charge is -2.03. The minimum atomic E-state index is -0.0531. The first-order chi connectivity index (χ1) is 12.6. The number of nitrogens with one attached hydrogen (secondary N) is 1. The molecular formula is C20H14ClN3O2. The van der Waals surface area contributed by atoms with Gasteiger partial charge in [-0.25, -0.2) is 4.98 Å². The number of rotatable bonds is 3. The molecule has 0 saturated heterocycles. The van der Waals surface area contributed by atoms with Gasteiger partial charge in [-0.1, -0.05) is 23.7 Å². The van der Waals surface area contributed by atoms with Crippen LogP contribution >= 0.6 is 11.6 Å². The maximum Gasteiger partial charge on any atom is 0.142 e. The van der Waals surface area contributed by atoms with E-state index in [9.17, 15) is 10.2 Å². The number of phenols is 2. The molecule has 2 aromatic carbocycles. The second kappa shape index (κ2) is 6.54. The van der Waals surface area contributed by atoms with Gasteiger partial charge < -0.3 is 15.2 Å². The summed E-state index contributed by atoms with van der Waals surface area (Å²) >= 11 is 6.00. The Labute approximate surface area is 154 Å². The number of benzene rings is 2. The number of H-pyrrole nitrogens is 1. The molecule has 0 aliphatic heterocycles. The summed E-state index contributed by atoms with van der Waals surface area (Å²) in [5.41, 5.74) is 3.84. The SMILES string of the molecule is Oc1ccc(-c2nc(-c3ccc(Cl)cc3)c(-c3ccncc3)[nH]2)c(O)c1. The van der Waals surface area contributed by atoms with E-state index in [0.29, 0.717) is 16.4 Å². The van der Waals surface area contributed by atoms with E-state index >= 15 is 0 Å². The van der Waals surface area contributed by atoms with Gasteiger partial charge in [0.25, 0.3) is 0 Å². The van der Waals surface area contributed by atoms with E-state index in [1.165, 1.54) is 12.1 Å². The molecule has 0 aliphatic carbocycles. The third kappa shape index (κ3) is 3.00. The lowest BCUT2D eigenvalue weighted by Crippen LogP contribution is -1.84. The average Bonchev–Trinajstić information content (AvgIpc) is 3.08. The zero-order chi connectivity index (χ0) is 18.1. The minimum Gasteiger partial charge on any atom is -0.508 e. The van der Waals surface area contributed by atoms with E-state index in [4.69, 9.17) is 11.6 Å². The minimum absolute atomic E-state index is 0.00918. The highest BCUT2D eigenvalue weighted by atomic mass is 35.5. The molecule has 2 heterocycles. The van der Waals surface area contributed by atoms with Crippen molar-refractivity contribution in [1.29, 1.82) is 0 Å². The molecule has 3 N–H and O–H groups in total. The van der Waals surface area contributed by atoms with Crippen molar-refractivity contribution >= 4 is 11.6 Å². The lowest BCUT2D eigenvalue weighted by molar-refractivity contribution is 0.451. The van der Waals surface area contributed by atoms with Crippen molar-refractivity contribution in [2.24, 2.45) is 0 Å². The summed E-state index contributed by atoms with van der Waals surface area (Å²) < 4.78 is 0. The molecule has 0 fully saturated rings. The molecule has 0 unspecified atom stereocenters. The molecule has 6 heteroatoms. The summed E-state index contributed by atoms with van der Waals surface area (Å²) in [7, 11) is 0. The predicted molar refractivity (Wildman–Crippen MR) is 101 cm³/mol. The molecule has 0 aliphatic rings. The highest BCUT2D eigenvalue weighted by molar-refractivity contribution is 6.30. The Hall–Kier alpha value is -3.31. The Morgan fingerprint density at radius 2 is 1.58 bits per heavy atom. The average molecular weight is 364 g/mol. The van der Waals surface area contributed by atoms with E-state index in [0.717, 1.165) is 22.5 Å². The van der Waals surface area contributed by atoms with Crippen molar-refractivity contribution < 1.29 is 10.2 Å². The van der Waals surface area contributed by atoms with Crippen molar-refractivity contribution in [3.8, 4) is 45.4 Å². The summed E-state index contributed by atoms with van der Waals surface area (Å²) in [6.07, 6.45) is 3.42. The zero-order valence-electron chi connectivity index (χ0n) is 13.5. The molecule has 26 heavy (non-hydrogen) atoms. The van der Waals surface area contributed by atoms with E-state index < -0.39 is 0 Å². The number of aromatic amines is 1. The van der Waals surface area contributed by atoms with E-state index in [-0.39, 0.29) is 11.5 Å². The van der Waals surface area contributed by atoms with Gasteiger partial charge in [-0.15, -0.1) is 0 Å². The number of halogens is 1. The van der Waals surface area contributed by atoms with Gasteiger partial charge in [0.1, 0.15) is 17.3 Å². The molecule has 0 saturated carbocycles. The maximum atomic E-state index is 10.2. The van der Waals surface area contributed by atoms with Crippen LogP contribution in [0.2, 0.25) is 5.02 Å². The third-order valence-electron chi connectivity index (χ3n) is 4.03. The van der Waals surface area contributed by atoms with E-state index in [1.807, 2.05) is 24.3 Å². The molecule has 2 aromatic heterocycles. The Balaban J connectivity index is 1.91. The topological polar surface area (TPSA) is 82.0 Å². The third-order valence-corrected chi connectivity index (χ3v) is 4.28. The number of imidazole rings is 1. The molecule has 0 spiro atoms. The summed E-state index contributed by atoms with van der Waals surface area (Å²) in [6, 6.07) is 15.6. The zero-order valence-corrected chi connectivity index (χ0v) is 14.3. The number of nitrogens with zero attached hydrogens (tertiary/aromatic N) is 2. The van der Waals surface area contributed by atoms with Crippen LogP contribution in [0, 0.1) is 0 Å². The monoisotopic (exact) mass is 363 g/mol. The normalized spacial score (nSPS) is 10.8. The van der Waals surface area contributed by atoms with Crippen LogP contribution in [0.25, 0.3) is 33.9 Å². The standard InChI is InChI=1S/C20H14ClN3O2/c21-14-3-1-12(2-4-14)18-19(13-7-9-22-10-8-13)24-20(23-18)16-6-5-15(25)11-17(16)26/h1-11,25-26H,(H,23,24). The lowest BCUT2D eigenvalue weighted by atomic mass is 10.1. The van der Waals surface area contributed by atoms with Gasteiger partial charge in [-0.05, 0) is 36.4 Å². The number of phenolic OH excluding ortho intramolecular Hbond substituents is 2. The largest absolute Gasteiger partial charge is 0.508 e. The Kier molecular flexibility index (Phi) is 4.07. The smallest absolute Gasteiger partial charge is 0.142 e. The van der Waals surface area contributed by atoms with Crippen molar-refractivity contribution in [1.82, 2.24) is 15.0 Å². The number of aromatic nitrogens is 3. The van der Waals surface area contributed by atoms with Crippen LogP contribution in [0.4, 0.5) is 0 Å². The van der Waals surface area contributed by atoms with Crippen LogP contribution in [0.3, 0.4) is 0 Å². The highest BCUT2D eigenvalue weighted by Gasteiger charge is 2.17. The van der Waals surface area contributed by atoms with Crippen molar-refractivity contribution in [3.05, 3.63) is 72.0 Å². The first-order valence-electron chi connectivity index (χ1n) is 7.90. The number of aromatic hydroxyl groups is 2. The summed E-state index contributed by atoms with van der Waals surface area (Å²) in [5.74, 6) is 0.437. The first-order valence-corrected chi connectivity index (χ1v) is 8.28. The second-order valence-corrected chi connectivity index (χ2v) is 6.19. The maximum absolute atomic E-state index is 10.2. The number of hydrogen-bond donors (Lipinski definition) is 3. The van der Waals surface area contributed by atoms with Crippen molar-refractivity contribution in [2.75, 3.05) is 0 Å². The first kappa shape index (κ1) is 16.2. The molecule has 0 amide bonds. The molecule has 0 bridgehead atoms. The molecule has 128 valence electrons. The van der Waals surface area contributed by atoms with Gasteiger partial charge in [0, 0.05) is 34.6 Å². The molecular weight excluding hydrogens is 350 g/mol. The molecule has 5 nitrogen and oxygen atoms in total. The fourth-order valence-corrected chi connectivity index (χ4v) is 2.89. The van der Waals surface area contributed by atoms with Gasteiger partial charge in [-0.3, -0.25) is 4.98 Å².